The molecule has 1 unspecified atom stereocenters. The van der Waals surface area contributed by atoms with Crippen molar-refractivity contribution in [2.75, 3.05) is 13.2 Å². The summed E-state index contributed by atoms with van der Waals surface area (Å²) in [6.45, 7) is 10.1. The molecule has 0 saturated carbocycles. The highest BCUT2D eigenvalue weighted by molar-refractivity contribution is 5.35. The van der Waals surface area contributed by atoms with Gasteiger partial charge in [0.15, 0.2) is 0 Å². The van der Waals surface area contributed by atoms with E-state index in [1.165, 1.54) is 11.1 Å². The number of hydrogen-bond donors (Lipinski definition) is 1. The number of rotatable bonds is 5. The lowest BCUT2D eigenvalue weighted by Crippen LogP contribution is -2.31. The number of hydrogen-bond acceptors (Lipinski definition) is 2. The summed E-state index contributed by atoms with van der Waals surface area (Å²) in [6.07, 6.45) is 0. The van der Waals surface area contributed by atoms with Crippen molar-refractivity contribution < 1.29 is 4.74 Å². The zero-order chi connectivity index (χ0) is 11.3. The Hall–Kier alpha value is -1.02. The third kappa shape index (κ3) is 3.92. The van der Waals surface area contributed by atoms with E-state index in [0.717, 1.165) is 18.9 Å². The lowest BCUT2D eigenvalue weighted by Gasteiger charge is -2.15. The van der Waals surface area contributed by atoms with Crippen molar-refractivity contribution in [2.24, 2.45) is 0 Å². The maximum Gasteiger partial charge on any atom is 0.122 e. The molecular formula is C13H21NO. The summed E-state index contributed by atoms with van der Waals surface area (Å²) in [4.78, 5) is 0. The van der Waals surface area contributed by atoms with E-state index in [1.807, 2.05) is 6.07 Å². The van der Waals surface area contributed by atoms with Crippen LogP contribution in [0.5, 0.6) is 5.75 Å². The van der Waals surface area contributed by atoms with Crippen LogP contribution in [0, 0.1) is 13.8 Å². The van der Waals surface area contributed by atoms with E-state index in [2.05, 4.69) is 45.1 Å². The molecule has 2 heteroatoms. The SMILES string of the molecule is CCNC(C)COc1ccc(C)cc1C. The average molecular weight is 207 g/mol. The Balaban J connectivity index is 2.50. The average Bonchev–Trinajstić information content (AvgIpc) is 2.17. The Labute approximate surface area is 92.6 Å². The Bertz CT molecular complexity index is 309. The van der Waals surface area contributed by atoms with E-state index in [4.69, 9.17) is 4.74 Å². The summed E-state index contributed by atoms with van der Waals surface area (Å²) in [5.74, 6) is 0.991. The summed E-state index contributed by atoms with van der Waals surface area (Å²) in [7, 11) is 0. The standard InChI is InChI=1S/C13H21NO/c1-5-14-12(4)9-15-13-7-6-10(2)8-11(13)3/h6-8,12,14H,5,9H2,1-4H3. The summed E-state index contributed by atoms with van der Waals surface area (Å²) < 4.78 is 5.74. The highest BCUT2D eigenvalue weighted by atomic mass is 16.5. The van der Waals surface area contributed by atoms with Gasteiger partial charge in [-0.05, 0) is 38.9 Å². The summed E-state index contributed by atoms with van der Waals surface area (Å²) in [6, 6.07) is 6.67. The first-order valence-electron chi connectivity index (χ1n) is 5.57. The number of benzene rings is 1. The fraction of sp³-hybridized carbons (Fsp3) is 0.538. The van der Waals surface area contributed by atoms with Crippen LogP contribution in [-0.2, 0) is 0 Å². The molecule has 0 radical (unpaired) electrons. The maximum absolute atomic E-state index is 5.74. The second-order valence-corrected chi connectivity index (χ2v) is 4.04. The van der Waals surface area contributed by atoms with Crippen molar-refractivity contribution in [3.05, 3.63) is 29.3 Å². The molecular weight excluding hydrogens is 186 g/mol. The number of likely N-dealkylation sites (N-methyl/N-ethyl adjacent to an activating group) is 1. The minimum atomic E-state index is 0.399. The first-order chi connectivity index (χ1) is 7.13. The Morgan fingerprint density at radius 3 is 2.67 bits per heavy atom. The van der Waals surface area contributed by atoms with Gasteiger partial charge >= 0.3 is 0 Å². The fourth-order valence-corrected chi connectivity index (χ4v) is 1.58. The lowest BCUT2D eigenvalue weighted by atomic mass is 10.1. The second-order valence-electron chi connectivity index (χ2n) is 4.04. The molecule has 1 aromatic carbocycles. The monoisotopic (exact) mass is 207 g/mol. The first kappa shape index (κ1) is 12.1. The quantitative estimate of drug-likeness (QED) is 0.801. The van der Waals surface area contributed by atoms with E-state index in [-0.39, 0.29) is 0 Å². The third-order valence-electron chi connectivity index (χ3n) is 2.37. The van der Waals surface area contributed by atoms with Crippen molar-refractivity contribution in [3.63, 3.8) is 0 Å². The van der Waals surface area contributed by atoms with Crippen LogP contribution in [-0.4, -0.2) is 19.2 Å². The molecule has 0 aliphatic heterocycles. The molecule has 0 heterocycles. The van der Waals surface area contributed by atoms with Crippen molar-refractivity contribution in [1.29, 1.82) is 0 Å². The van der Waals surface area contributed by atoms with E-state index >= 15 is 0 Å². The zero-order valence-electron chi connectivity index (χ0n) is 10.1. The van der Waals surface area contributed by atoms with Crippen LogP contribution in [0.15, 0.2) is 18.2 Å². The smallest absolute Gasteiger partial charge is 0.122 e. The summed E-state index contributed by atoms with van der Waals surface area (Å²) in [5.41, 5.74) is 2.48. The van der Waals surface area contributed by atoms with Gasteiger partial charge in [-0.3, -0.25) is 0 Å². The van der Waals surface area contributed by atoms with Gasteiger partial charge in [0.2, 0.25) is 0 Å². The molecule has 1 atom stereocenters. The normalized spacial score (nSPS) is 12.5. The number of aryl methyl sites for hydroxylation is 2. The molecule has 0 aliphatic rings. The zero-order valence-corrected chi connectivity index (χ0v) is 10.1. The van der Waals surface area contributed by atoms with E-state index in [9.17, 15) is 0 Å². The van der Waals surface area contributed by atoms with Crippen LogP contribution < -0.4 is 10.1 Å². The molecule has 0 aliphatic carbocycles. The molecule has 1 N–H and O–H groups in total. The minimum Gasteiger partial charge on any atom is -0.492 e. The predicted molar refractivity (Wildman–Crippen MR) is 64.5 cm³/mol. The van der Waals surface area contributed by atoms with Crippen molar-refractivity contribution in [1.82, 2.24) is 5.32 Å². The second kappa shape index (κ2) is 5.76. The largest absolute Gasteiger partial charge is 0.492 e. The molecule has 0 bridgehead atoms. The van der Waals surface area contributed by atoms with E-state index in [1.54, 1.807) is 0 Å². The van der Waals surface area contributed by atoms with Crippen LogP contribution in [0.25, 0.3) is 0 Å². The van der Waals surface area contributed by atoms with E-state index < -0.39 is 0 Å². The molecule has 2 nitrogen and oxygen atoms in total. The Morgan fingerprint density at radius 1 is 1.33 bits per heavy atom. The van der Waals surface area contributed by atoms with Gasteiger partial charge < -0.3 is 10.1 Å². The number of nitrogens with one attached hydrogen (secondary N) is 1. The van der Waals surface area contributed by atoms with E-state index in [0.29, 0.717) is 6.04 Å². The molecule has 0 aromatic heterocycles. The fourth-order valence-electron chi connectivity index (χ4n) is 1.58. The molecule has 1 rings (SSSR count). The molecule has 15 heavy (non-hydrogen) atoms. The van der Waals surface area contributed by atoms with Gasteiger partial charge in [-0.2, -0.15) is 0 Å². The summed E-state index contributed by atoms with van der Waals surface area (Å²) in [5, 5.41) is 3.32. The molecule has 0 fully saturated rings. The number of ether oxygens (including phenoxy) is 1. The van der Waals surface area contributed by atoms with Gasteiger partial charge in [0.1, 0.15) is 12.4 Å². The molecule has 0 amide bonds. The lowest BCUT2D eigenvalue weighted by molar-refractivity contribution is 0.273. The third-order valence-corrected chi connectivity index (χ3v) is 2.37. The molecule has 84 valence electrons. The van der Waals surface area contributed by atoms with Crippen molar-refractivity contribution in [3.8, 4) is 5.75 Å². The Morgan fingerprint density at radius 2 is 2.07 bits per heavy atom. The first-order valence-corrected chi connectivity index (χ1v) is 5.57. The minimum absolute atomic E-state index is 0.399. The van der Waals surface area contributed by atoms with Gasteiger partial charge in [-0.1, -0.05) is 24.6 Å². The Kier molecular flexibility index (Phi) is 4.63. The predicted octanol–water partition coefficient (Wildman–Crippen LogP) is 2.68. The van der Waals surface area contributed by atoms with Crippen molar-refractivity contribution in [2.45, 2.75) is 33.7 Å². The molecule has 0 spiro atoms. The maximum atomic E-state index is 5.74. The van der Waals surface area contributed by atoms with Crippen LogP contribution in [0.4, 0.5) is 0 Å². The van der Waals surface area contributed by atoms with Gasteiger partial charge in [0, 0.05) is 6.04 Å². The van der Waals surface area contributed by atoms with Crippen molar-refractivity contribution >= 4 is 0 Å². The van der Waals surface area contributed by atoms with Gasteiger partial charge in [-0.25, -0.2) is 0 Å². The molecule has 1 aromatic rings. The summed E-state index contributed by atoms with van der Waals surface area (Å²) >= 11 is 0. The highest BCUT2D eigenvalue weighted by Crippen LogP contribution is 2.18. The van der Waals surface area contributed by atoms with Gasteiger partial charge in [0.25, 0.3) is 0 Å². The van der Waals surface area contributed by atoms with Crippen LogP contribution >= 0.6 is 0 Å². The van der Waals surface area contributed by atoms with Crippen LogP contribution in [0.3, 0.4) is 0 Å². The van der Waals surface area contributed by atoms with Crippen LogP contribution in [0.1, 0.15) is 25.0 Å². The van der Waals surface area contributed by atoms with Crippen LogP contribution in [0.2, 0.25) is 0 Å². The molecule has 0 saturated heterocycles. The van der Waals surface area contributed by atoms with Gasteiger partial charge in [0.05, 0.1) is 0 Å². The highest BCUT2D eigenvalue weighted by Gasteiger charge is 2.03. The van der Waals surface area contributed by atoms with Gasteiger partial charge in [-0.15, -0.1) is 0 Å². The topological polar surface area (TPSA) is 21.3 Å².